The van der Waals surface area contributed by atoms with Gasteiger partial charge in [0.2, 0.25) is 0 Å². The first-order valence-electron chi connectivity index (χ1n) is 3.40. The first-order chi connectivity index (χ1) is 5.68. The zero-order chi connectivity index (χ0) is 8.72. The van der Waals surface area contributed by atoms with Gasteiger partial charge in [-0.1, -0.05) is 0 Å². The van der Waals surface area contributed by atoms with Crippen molar-refractivity contribution in [3.8, 4) is 11.5 Å². The van der Waals surface area contributed by atoms with Crippen molar-refractivity contribution >= 4 is 23.5 Å². The van der Waals surface area contributed by atoms with E-state index in [0.717, 1.165) is 15.8 Å². The van der Waals surface area contributed by atoms with Gasteiger partial charge in [-0.15, -0.1) is 12.6 Å². The highest BCUT2D eigenvalue weighted by atomic mass is 32.1. The number of benzene rings is 1. The molecule has 3 nitrogen and oxygen atoms in total. The van der Waals surface area contributed by atoms with Crippen molar-refractivity contribution in [2.24, 2.45) is 0 Å². The molecule has 0 saturated carbocycles. The average Bonchev–Trinajstić information content (AvgIpc) is 2.35. The zero-order valence-corrected chi connectivity index (χ0v) is 6.97. The van der Waals surface area contributed by atoms with Gasteiger partial charge >= 0.3 is 0 Å². The van der Waals surface area contributed by atoms with E-state index in [1.165, 1.54) is 12.1 Å². The molecule has 0 aliphatic carbocycles. The van der Waals surface area contributed by atoms with E-state index in [9.17, 15) is 0 Å². The second kappa shape index (κ2) is 2.35. The smallest absolute Gasteiger partial charge is 0.159 e. The number of hydrogen-bond donors (Lipinski definition) is 4. The van der Waals surface area contributed by atoms with Gasteiger partial charge in [0.25, 0.3) is 0 Å². The van der Waals surface area contributed by atoms with Crippen molar-refractivity contribution in [1.82, 2.24) is 4.98 Å². The third-order valence-electron chi connectivity index (χ3n) is 1.76. The summed E-state index contributed by atoms with van der Waals surface area (Å²) in [7, 11) is 0. The molecule has 0 amide bonds. The molecule has 0 saturated heterocycles. The Bertz CT molecular complexity index is 436. The quantitative estimate of drug-likeness (QED) is 0.370. The molecule has 0 unspecified atom stereocenters. The Morgan fingerprint density at radius 2 is 1.83 bits per heavy atom. The molecular formula is C8H7NO2S. The maximum Gasteiger partial charge on any atom is 0.159 e. The van der Waals surface area contributed by atoms with E-state index in [-0.39, 0.29) is 11.5 Å². The van der Waals surface area contributed by atoms with Gasteiger partial charge in [0.05, 0.1) is 5.52 Å². The summed E-state index contributed by atoms with van der Waals surface area (Å²) in [4.78, 5) is 3.66. The highest BCUT2D eigenvalue weighted by Crippen LogP contribution is 2.32. The first kappa shape index (κ1) is 7.36. The van der Waals surface area contributed by atoms with Crippen molar-refractivity contribution in [2.75, 3.05) is 0 Å². The molecule has 12 heavy (non-hydrogen) atoms. The van der Waals surface area contributed by atoms with Crippen molar-refractivity contribution in [3.63, 3.8) is 0 Å². The summed E-state index contributed by atoms with van der Waals surface area (Å²) in [6.07, 6.45) is 1.70. The molecule has 1 aromatic carbocycles. The SMILES string of the molecule is Oc1cc2[nH]cc(S)c2cc1O. The van der Waals surface area contributed by atoms with Gasteiger partial charge in [0, 0.05) is 22.5 Å². The van der Waals surface area contributed by atoms with E-state index in [1.54, 1.807) is 6.20 Å². The molecule has 0 bridgehead atoms. The molecule has 3 N–H and O–H groups in total. The summed E-state index contributed by atoms with van der Waals surface area (Å²) in [6, 6.07) is 2.94. The summed E-state index contributed by atoms with van der Waals surface area (Å²) >= 11 is 4.16. The number of fused-ring (bicyclic) bond motifs is 1. The van der Waals surface area contributed by atoms with E-state index in [1.807, 2.05) is 0 Å². The van der Waals surface area contributed by atoms with Crippen LogP contribution in [-0.4, -0.2) is 15.2 Å². The number of nitrogens with one attached hydrogen (secondary N) is 1. The zero-order valence-electron chi connectivity index (χ0n) is 6.07. The van der Waals surface area contributed by atoms with Crippen molar-refractivity contribution in [3.05, 3.63) is 18.3 Å². The summed E-state index contributed by atoms with van der Waals surface area (Å²) in [5.41, 5.74) is 0.760. The van der Waals surface area contributed by atoms with Crippen molar-refractivity contribution in [2.45, 2.75) is 4.90 Å². The Balaban J connectivity index is 2.87. The van der Waals surface area contributed by atoms with Gasteiger partial charge in [0.1, 0.15) is 0 Å². The first-order valence-corrected chi connectivity index (χ1v) is 3.85. The minimum absolute atomic E-state index is 0.127. The molecule has 1 aromatic heterocycles. The number of hydrogen-bond acceptors (Lipinski definition) is 3. The van der Waals surface area contributed by atoms with Crippen molar-refractivity contribution in [1.29, 1.82) is 0 Å². The van der Waals surface area contributed by atoms with Crippen LogP contribution in [0.2, 0.25) is 0 Å². The van der Waals surface area contributed by atoms with Crippen LogP contribution in [0.25, 0.3) is 10.9 Å². The molecule has 0 aliphatic rings. The lowest BCUT2D eigenvalue weighted by atomic mass is 10.2. The maximum atomic E-state index is 9.16. The predicted octanol–water partition coefficient (Wildman–Crippen LogP) is 1.87. The maximum absolute atomic E-state index is 9.16. The number of thiol groups is 1. The van der Waals surface area contributed by atoms with E-state index in [2.05, 4.69) is 17.6 Å². The Morgan fingerprint density at radius 1 is 1.17 bits per heavy atom. The molecule has 0 fully saturated rings. The summed E-state index contributed by atoms with van der Waals surface area (Å²) in [6.45, 7) is 0. The third kappa shape index (κ3) is 0.921. The van der Waals surface area contributed by atoms with Gasteiger partial charge in [-0.25, -0.2) is 0 Å². The van der Waals surface area contributed by atoms with Gasteiger partial charge in [-0.05, 0) is 6.07 Å². The lowest BCUT2D eigenvalue weighted by Crippen LogP contribution is -1.70. The largest absolute Gasteiger partial charge is 0.504 e. The normalized spacial score (nSPS) is 10.8. The summed E-state index contributed by atoms with van der Waals surface area (Å²) in [5, 5.41) is 19.1. The number of rotatable bonds is 0. The highest BCUT2D eigenvalue weighted by molar-refractivity contribution is 7.80. The molecule has 62 valence electrons. The minimum atomic E-state index is -0.127. The van der Waals surface area contributed by atoms with Crippen LogP contribution in [0, 0.1) is 0 Å². The fourth-order valence-corrected chi connectivity index (χ4v) is 1.38. The van der Waals surface area contributed by atoms with Crippen LogP contribution in [0.3, 0.4) is 0 Å². The Morgan fingerprint density at radius 3 is 2.58 bits per heavy atom. The van der Waals surface area contributed by atoms with E-state index in [4.69, 9.17) is 10.2 Å². The third-order valence-corrected chi connectivity index (χ3v) is 2.13. The van der Waals surface area contributed by atoms with Crippen LogP contribution in [0.15, 0.2) is 23.2 Å². The average molecular weight is 181 g/mol. The number of aromatic hydroxyl groups is 2. The molecule has 0 aliphatic heterocycles. The minimum Gasteiger partial charge on any atom is -0.504 e. The highest BCUT2D eigenvalue weighted by Gasteiger charge is 2.05. The van der Waals surface area contributed by atoms with Crippen LogP contribution in [0.5, 0.6) is 11.5 Å². The number of aromatic amines is 1. The topological polar surface area (TPSA) is 56.2 Å². The van der Waals surface area contributed by atoms with E-state index in [0.29, 0.717) is 0 Å². The fourth-order valence-electron chi connectivity index (χ4n) is 1.13. The fraction of sp³-hybridized carbons (Fsp3) is 0. The lowest BCUT2D eigenvalue weighted by molar-refractivity contribution is 0.405. The monoisotopic (exact) mass is 181 g/mol. The standard InChI is InChI=1S/C8H7NO2S/c10-6-1-4-5(2-7(6)11)9-3-8(4)12/h1-3,9-12H. The van der Waals surface area contributed by atoms with E-state index >= 15 is 0 Å². The number of aromatic nitrogens is 1. The molecule has 1 heterocycles. The van der Waals surface area contributed by atoms with Crippen LogP contribution >= 0.6 is 12.6 Å². The molecule has 0 radical (unpaired) electrons. The molecule has 2 aromatic rings. The predicted molar refractivity (Wildman–Crippen MR) is 48.9 cm³/mol. The van der Waals surface area contributed by atoms with Crippen molar-refractivity contribution < 1.29 is 10.2 Å². The number of phenols is 2. The molecule has 0 atom stereocenters. The molecule has 4 heteroatoms. The molecular weight excluding hydrogens is 174 g/mol. The molecule has 2 rings (SSSR count). The summed E-state index contributed by atoms with van der Waals surface area (Å²) in [5.74, 6) is -0.255. The summed E-state index contributed by atoms with van der Waals surface area (Å²) < 4.78 is 0. The number of phenolic OH excluding ortho intramolecular Hbond substituents is 2. The van der Waals surface area contributed by atoms with Crippen LogP contribution < -0.4 is 0 Å². The second-order valence-corrected chi connectivity index (χ2v) is 3.04. The lowest BCUT2D eigenvalue weighted by Gasteiger charge is -1.96. The Labute approximate surface area is 74.1 Å². The molecule has 0 spiro atoms. The van der Waals surface area contributed by atoms with Crippen LogP contribution in [-0.2, 0) is 0 Å². The van der Waals surface area contributed by atoms with Gasteiger partial charge in [0.15, 0.2) is 11.5 Å². The van der Waals surface area contributed by atoms with Crippen LogP contribution in [0.1, 0.15) is 0 Å². The second-order valence-electron chi connectivity index (χ2n) is 2.56. The Hall–Kier alpha value is -1.29. The van der Waals surface area contributed by atoms with E-state index < -0.39 is 0 Å². The Kier molecular flexibility index (Phi) is 1.44. The van der Waals surface area contributed by atoms with Gasteiger partial charge in [-0.3, -0.25) is 0 Å². The number of H-pyrrole nitrogens is 1. The van der Waals surface area contributed by atoms with Gasteiger partial charge < -0.3 is 15.2 Å². The van der Waals surface area contributed by atoms with Crippen LogP contribution in [0.4, 0.5) is 0 Å². The van der Waals surface area contributed by atoms with Gasteiger partial charge in [-0.2, -0.15) is 0 Å².